The molecule has 1 saturated heterocycles. The third-order valence-electron chi connectivity index (χ3n) is 6.26. The van der Waals surface area contributed by atoms with Gasteiger partial charge in [-0.25, -0.2) is 0 Å². The highest BCUT2D eigenvalue weighted by atomic mass is 16.3. The molecule has 0 saturated carbocycles. The Balaban J connectivity index is 1.45. The van der Waals surface area contributed by atoms with Crippen molar-refractivity contribution in [3.63, 3.8) is 0 Å². The van der Waals surface area contributed by atoms with Crippen LogP contribution in [0.2, 0.25) is 0 Å². The van der Waals surface area contributed by atoms with Gasteiger partial charge in [0.05, 0.1) is 11.8 Å². The molecular weight excluding hydrogens is 390 g/mol. The van der Waals surface area contributed by atoms with E-state index in [1.807, 2.05) is 23.9 Å². The molecule has 8 nitrogen and oxygen atoms in total. The summed E-state index contributed by atoms with van der Waals surface area (Å²) in [7, 11) is 1.97. The average Bonchev–Trinajstić information content (AvgIpc) is 3.40. The lowest BCUT2D eigenvalue weighted by atomic mass is 9.95. The van der Waals surface area contributed by atoms with Gasteiger partial charge in [-0.05, 0) is 36.5 Å². The second-order valence-electron chi connectivity index (χ2n) is 8.43. The lowest BCUT2D eigenvalue weighted by Gasteiger charge is -2.31. The standard InChI is InChI=1S/C23H27N7O/c1-15(12-20-26-25-14-29(20)2)16-4-3-5-17(13-16)21-23-22(28-27-21)19(6-9-24-23)30-10-7-18(31)8-11-30/h3-6,9,13-15,18,31H,7-8,10-12H2,1-2H3,(H,27,28)/t15-/m1/s1. The van der Waals surface area contributed by atoms with Gasteiger partial charge in [-0.15, -0.1) is 10.2 Å². The Bertz CT molecular complexity index is 1190. The van der Waals surface area contributed by atoms with Crippen molar-refractivity contribution in [2.45, 2.75) is 38.2 Å². The fourth-order valence-corrected chi connectivity index (χ4v) is 4.35. The van der Waals surface area contributed by atoms with Crippen LogP contribution in [0.25, 0.3) is 22.3 Å². The smallest absolute Gasteiger partial charge is 0.133 e. The zero-order chi connectivity index (χ0) is 21.4. The minimum absolute atomic E-state index is 0.197. The van der Waals surface area contributed by atoms with Crippen LogP contribution < -0.4 is 4.90 Å². The molecule has 0 unspecified atom stereocenters. The fraction of sp³-hybridized carbons (Fsp3) is 0.391. The van der Waals surface area contributed by atoms with Gasteiger partial charge in [-0.1, -0.05) is 25.1 Å². The van der Waals surface area contributed by atoms with Crippen LogP contribution >= 0.6 is 0 Å². The summed E-state index contributed by atoms with van der Waals surface area (Å²) in [5, 5.41) is 25.9. The number of piperidine rings is 1. The molecule has 0 radical (unpaired) electrons. The summed E-state index contributed by atoms with van der Waals surface area (Å²) in [5.41, 5.74) is 6.07. The van der Waals surface area contributed by atoms with Crippen molar-refractivity contribution in [3.8, 4) is 11.3 Å². The Morgan fingerprint density at radius 2 is 2.06 bits per heavy atom. The summed E-state index contributed by atoms with van der Waals surface area (Å²) < 4.78 is 1.96. The zero-order valence-corrected chi connectivity index (χ0v) is 17.9. The Morgan fingerprint density at radius 3 is 2.84 bits per heavy atom. The van der Waals surface area contributed by atoms with Gasteiger partial charge in [0, 0.05) is 38.3 Å². The number of anilines is 1. The Morgan fingerprint density at radius 1 is 1.23 bits per heavy atom. The maximum Gasteiger partial charge on any atom is 0.133 e. The van der Waals surface area contributed by atoms with Gasteiger partial charge in [0.15, 0.2) is 0 Å². The number of nitrogens with one attached hydrogen (secondary N) is 1. The Hall–Kier alpha value is -3.26. The molecule has 160 valence electrons. The molecule has 0 aliphatic carbocycles. The van der Waals surface area contributed by atoms with E-state index in [1.54, 1.807) is 6.33 Å². The highest BCUT2D eigenvalue weighted by Gasteiger charge is 2.21. The molecule has 0 spiro atoms. The van der Waals surface area contributed by atoms with Gasteiger partial charge in [0.25, 0.3) is 0 Å². The summed E-state index contributed by atoms with van der Waals surface area (Å²) in [6.45, 7) is 3.88. The van der Waals surface area contributed by atoms with Gasteiger partial charge < -0.3 is 14.6 Å². The van der Waals surface area contributed by atoms with Crippen LogP contribution in [-0.2, 0) is 13.5 Å². The van der Waals surface area contributed by atoms with E-state index in [0.717, 1.165) is 66.2 Å². The summed E-state index contributed by atoms with van der Waals surface area (Å²) in [6, 6.07) is 10.5. The van der Waals surface area contributed by atoms with Crippen molar-refractivity contribution >= 4 is 16.7 Å². The molecule has 4 heterocycles. The monoisotopic (exact) mass is 417 g/mol. The second-order valence-corrected chi connectivity index (χ2v) is 8.43. The summed E-state index contributed by atoms with van der Waals surface area (Å²) >= 11 is 0. The molecule has 1 atom stereocenters. The summed E-state index contributed by atoms with van der Waals surface area (Å²) in [6.07, 6.45) is 5.79. The number of aliphatic hydroxyl groups excluding tert-OH is 1. The van der Waals surface area contributed by atoms with Gasteiger partial charge in [0.1, 0.15) is 28.9 Å². The highest BCUT2D eigenvalue weighted by molar-refractivity contribution is 5.96. The molecule has 1 aromatic carbocycles. The minimum atomic E-state index is -0.197. The van der Waals surface area contributed by atoms with E-state index in [9.17, 15) is 5.11 Å². The van der Waals surface area contributed by atoms with Crippen LogP contribution in [-0.4, -0.2) is 54.2 Å². The van der Waals surface area contributed by atoms with Crippen molar-refractivity contribution in [2.24, 2.45) is 7.05 Å². The maximum atomic E-state index is 9.84. The normalized spacial score (nSPS) is 16.2. The maximum absolute atomic E-state index is 9.84. The molecule has 1 fully saturated rings. The predicted molar refractivity (Wildman–Crippen MR) is 120 cm³/mol. The first-order valence-corrected chi connectivity index (χ1v) is 10.8. The van der Waals surface area contributed by atoms with Gasteiger partial charge in [-0.3, -0.25) is 10.1 Å². The lowest BCUT2D eigenvalue weighted by molar-refractivity contribution is 0.145. The molecule has 31 heavy (non-hydrogen) atoms. The average molecular weight is 418 g/mol. The van der Waals surface area contributed by atoms with Crippen molar-refractivity contribution in [1.29, 1.82) is 0 Å². The molecule has 4 aromatic rings. The van der Waals surface area contributed by atoms with Gasteiger partial charge >= 0.3 is 0 Å². The number of aliphatic hydroxyl groups is 1. The number of benzene rings is 1. The molecule has 3 aromatic heterocycles. The van der Waals surface area contributed by atoms with E-state index in [0.29, 0.717) is 5.92 Å². The van der Waals surface area contributed by atoms with Crippen LogP contribution in [0.4, 0.5) is 5.69 Å². The van der Waals surface area contributed by atoms with E-state index in [-0.39, 0.29) is 6.10 Å². The number of hydrogen-bond donors (Lipinski definition) is 2. The molecule has 1 aliphatic rings. The first-order valence-electron chi connectivity index (χ1n) is 10.8. The molecule has 0 bridgehead atoms. The number of aromatic nitrogens is 6. The summed E-state index contributed by atoms with van der Waals surface area (Å²) in [5.74, 6) is 1.28. The predicted octanol–water partition coefficient (Wildman–Crippen LogP) is 3.06. The molecule has 2 N–H and O–H groups in total. The number of aromatic amines is 1. The van der Waals surface area contributed by atoms with Crippen LogP contribution in [0.5, 0.6) is 0 Å². The van der Waals surface area contributed by atoms with E-state index in [4.69, 9.17) is 0 Å². The molecular formula is C23H27N7O. The number of fused-ring (bicyclic) bond motifs is 1. The zero-order valence-electron chi connectivity index (χ0n) is 17.9. The molecule has 8 heteroatoms. The highest BCUT2D eigenvalue weighted by Crippen LogP contribution is 2.33. The SMILES string of the molecule is C[C@H](Cc1nncn1C)c1cccc(-c2n[nH]c3c(N4CCC(O)CC4)ccnc23)c1. The van der Waals surface area contributed by atoms with Crippen LogP contribution in [0, 0.1) is 0 Å². The fourth-order valence-electron chi connectivity index (χ4n) is 4.35. The van der Waals surface area contributed by atoms with E-state index < -0.39 is 0 Å². The summed E-state index contributed by atoms with van der Waals surface area (Å²) in [4.78, 5) is 6.95. The van der Waals surface area contributed by atoms with Crippen molar-refractivity contribution in [1.82, 2.24) is 29.9 Å². The molecule has 5 rings (SSSR count). The largest absolute Gasteiger partial charge is 0.393 e. The van der Waals surface area contributed by atoms with Crippen LogP contribution in [0.3, 0.4) is 0 Å². The number of pyridine rings is 1. The van der Waals surface area contributed by atoms with E-state index in [2.05, 4.69) is 61.5 Å². The Labute approximate surface area is 181 Å². The molecule has 0 amide bonds. The first-order chi connectivity index (χ1) is 15.1. The van der Waals surface area contributed by atoms with Crippen molar-refractivity contribution in [3.05, 3.63) is 54.2 Å². The third kappa shape index (κ3) is 3.79. The number of hydrogen-bond acceptors (Lipinski definition) is 6. The topological polar surface area (TPSA) is 95.8 Å². The van der Waals surface area contributed by atoms with Crippen LogP contribution in [0.1, 0.15) is 37.1 Å². The van der Waals surface area contributed by atoms with Gasteiger partial charge in [0.2, 0.25) is 0 Å². The second kappa shape index (κ2) is 8.11. The lowest BCUT2D eigenvalue weighted by Crippen LogP contribution is -2.35. The minimum Gasteiger partial charge on any atom is -0.393 e. The van der Waals surface area contributed by atoms with Crippen molar-refractivity contribution in [2.75, 3.05) is 18.0 Å². The van der Waals surface area contributed by atoms with E-state index >= 15 is 0 Å². The number of H-pyrrole nitrogens is 1. The van der Waals surface area contributed by atoms with Crippen LogP contribution in [0.15, 0.2) is 42.9 Å². The quantitative estimate of drug-likeness (QED) is 0.518. The molecule has 1 aliphatic heterocycles. The van der Waals surface area contributed by atoms with Crippen molar-refractivity contribution < 1.29 is 5.11 Å². The first kappa shape index (κ1) is 19.7. The van der Waals surface area contributed by atoms with E-state index in [1.165, 1.54) is 5.56 Å². The number of nitrogens with zero attached hydrogens (tertiary/aromatic N) is 6. The Kier molecular flexibility index (Phi) is 5.15. The number of rotatable bonds is 5. The number of aryl methyl sites for hydroxylation is 1. The van der Waals surface area contributed by atoms with Gasteiger partial charge in [-0.2, -0.15) is 5.10 Å². The third-order valence-corrected chi connectivity index (χ3v) is 6.26.